The molecule has 10 heavy (non-hydrogen) atoms. The lowest BCUT2D eigenvalue weighted by atomic mass is 10.3. The molecule has 0 bridgehead atoms. The van der Waals surface area contributed by atoms with Gasteiger partial charge in [0.15, 0.2) is 0 Å². The van der Waals surface area contributed by atoms with Gasteiger partial charge in [-0.25, -0.2) is 4.79 Å². The molecular formula is C6H13NO3. The number of methoxy groups -OCH3 is 1. The van der Waals surface area contributed by atoms with Crippen molar-refractivity contribution in [2.75, 3.05) is 13.7 Å². The summed E-state index contributed by atoms with van der Waals surface area (Å²) >= 11 is 0. The Hall–Kier alpha value is -0.770. The molecule has 0 heterocycles. The van der Waals surface area contributed by atoms with Gasteiger partial charge in [-0.3, -0.25) is 0 Å². The summed E-state index contributed by atoms with van der Waals surface area (Å²) in [5, 5.41) is 11.2. The molecule has 2 N–H and O–H groups in total. The van der Waals surface area contributed by atoms with Gasteiger partial charge in [-0.1, -0.05) is 0 Å². The third kappa shape index (κ3) is 5.37. The van der Waals surface area contributed by atoms with E-state index in [1.54, 1.807) is 6.92 Å². The smallest absolute Gasteiger partial charge is 0.406 e. The molecule has 0 aromatic carbocycles. The SMILES string of the molecule is COC(=O)NCCC(C)O. The van der Waals surface area contributed by atoms with Crippen molar-refractivity contribution >= 4 is 6.09 Å². The zero-order chi connectivity index (χ0) is 7.98. The van der Waals surface area contributed by atoms with E-state index in [0.717, 1.165) is 0 Å². The lowest BCUT2D eigenvalue weighted by Gasteiger charge is -2.04. The van der Waals surface area contributed by atoms with Gasteiger partial charge in [-0.2, -0.15) is 0 Å². The maximum absolute atomic E-state index is 10.4. The van der Waals surface area contributed by atoms with Gasteiger partial charge in [0.05, 0.1) is 13.2 Å². The van der Waals surface area contributed by atoms with Crippen LogP contribution >= 0.6 is 0 Å². The Morgan fingerprint density at radius 1 is 1.80 bits per heavy atom. The van der Waals surface area contributed by atoms with E-state index in [1.807, 2.05) is 0 Å². The number of rotatable bonds is 3. The number of carbonyl (C=O) groups excluding carboxylic acids is 1. The fourth-order valence-electron chi connectivity index (χ4n) is 0.455. The molecule has 0 spiro atoms. The second kappa shape index (κ2) is 5.05. The zero-order valence-electron chi connectivity index (χ0n) is 6.26. The Balaban J connectivity index is 3.12. The predicted molar refractivity (Wildman–Crippen MR) is 36.7 cm³/mol. The molecule has 0 aromatic heterocycles. The summed E-state index contributed by atoms with van der Waals surface area (Å²) in [6, 6.07) is 0. The van der Waals surface area contributed by atoms with Crippen LogP contribution in [0.3, 0.4) is 0 Å². The van der Waals surface area contributed by atoms with Gasteiger partial charge in [-0.05, 0) is 13.3 Å². The average molecular weight is 147 g/mol. The summed E-state index contributed by atoms with van der Waals surface area (Å²) in [6.07, 6.45) is -0.285. The van der Waals surface area contributed by atoms with Gasteiger partial charge >= 0.3 is 6.09 Å². The normalized spacial score (nSPS) is 12.3. The van der Waals surface area contributed by atoms with Crippen molar-refractivity contribution in [1.29, 1.82) is 0 Å². The fourth-order valence-corrected chi connectivity index (χ4v) is 0.455. The lowest BCUT2D eigenvalue weighted by Crippen LogP contribution is -2.26. The van der Waals surface area contributed by atoms with E-state index in [-0.39, 0.29) is 6.10 Å². The van der Waals surface area contributed by atoms with Gasteiger partial charge in [0, 0.05) is 6.54 Å². The van der Waals surface area contributed by atoms with Crippen LogP contribution in [0.25, 0.3) is 0 Å². The minimum absolute atomic E-state index is 0.378. The van der Waals surface area contributed by atoms with Crippen LogP contribution in [0.1, 0.15) is 13.3 Å². The van der Waals surface area contributed by atoms with Gasteiger partial charge < -0.3 is 15.2 Å². The van der Waals surface area contributed by atoms with Crippen molar-refractivity contribution < 1.29 is 14.6 Å². The topological polar surface area (TPSA) is 58.6 Å². The number of ether oxygens (including phenoxy) is 1. The molecule has 1 amide bonds. The lowest BCUT2D eigenvalue weighted by molar-refractivity contribution is 0.162. The fraction of sp³-hybridized carbons (Fsp3) is 0.833. The summed E-state index contributed by atoms with van der Waals surface area (Å²) < 4.78 is 4.30. The average Bonchev–Trinajstić information content (AvgIpc) is 1.87. The van der Waals surface area contributed by atoms with Crippen molar-refractivity contribution in [3.8, 4) is 0 Å². The Kier molecular flexibility index (Phi) is 4.66. The van der Waals surface area contributed by atoms with Crippen molar-refractivity contribution in [3.05, 3.63) is 0 Å². The molecule has 0 aromatic rings. The number of carbonyl (C=O) groups is 1. The van der Waals surface area contributed by atoms with Gasteiger partial charge in [0.25, 0.3) is 0 Å². The molecule has 60 valence electrons. The van der Waals surface area contributed by atoms with Crippen LogP contribution in [-0.2, 0) is 4.74 Å². The number of nitrogens with one attached hydrogen (secondary N) is 1. The van der Waals surface area contributed by atoms with Gasteiger partial charge in [0.2, 0.25) is 0 Å². The highest BCUT2D eigenvalue weighted by molar-refractivity contribution is 5.66. The van der Waals surface area contributed by atoms with Crippen LogP contribution in [0.15, 0.2) is 0 Å². The maximum Gasteiger partial charge on any atom is 0.406 e. The number of alkyl carbamates (subject to hydrolysis) is 1. The molecule has 0 aliphatic carbocycles. The number of hydrogen-bond acceptors (Lipinski definition) is 3. The molecule has 4 heteroatoms. The second-order valence-electron chi connectivity index (χ2n) is 2.06. The van der Waals surface area contributed by atoms with Crippen molar-refractivity contribution in [2.24, 2.45) is 0 Å². The van der Waals surface area contributed by atoms with Crippen LogP contribution in [-0.4, -0.2) is 31.0 Å². The summed E-state index contributed by atoms with van der Waals surface area (Å²) in [7, 11) is 1.30. The van der Waals surface area contributed by atoms with Crippen LogP contribution in [0.2, 0.25) is 0 Å². The highest BCUT2D eigenvalue weighted by atomic mass is 16.5. The molecule has 4 nitrogen and oxygen atoms in total. The molecule has 0 rings (SSSR count). The monoisotopic (exact) mass is 147 g/mol. The molecular weight excluding hydrogens is 134 g/mol. The summed E-state index contributed by atoms with van der Waals surface area (Å²) in [5.41, 5.74) is 0. The zero-order valence-corrected chi connectivity index (χ0v) is 6.26. The van der Waals surface area contributed by atoms with Gasteiger partial charge in [0.1, 0.15) is 0 Å². The first-order chi connectivity index (χ1) is 4.66. The highest BCUT2D eigenvalue weighted by Crippen LogP contribution is 1.85. The van der Waals surface area contributed by atoms with Crippen LogP contribution < -0.4 is 5.32 Å². The number of amides is 1. The van der Waals surface area contributed by atoms with Gasteiger partial charge in [-0.15, -0.1) is 0 Å². The van der Waals surface area contributed by atoms with E-state index in [1.165, 1.54) is 7.11 Å². The largest absolute Gasteiger partial charge is 0.453 e. The maximum atomic E-state index is 10.4. The Morgan fingerprint density at radius 3 is 2.80 bits per heavy atom. The van der Waals surface area contributed by atoms with E-state index in [9.17, 15) is 4.79 Å². The van der Waals surface area contributed by atoms with Crippen molar-refractivity contribution in [3.63, 3.8) is 0 Å². The Morgan fingerprint density at radius 2 is 2.40 bits per heavy atom. The molecule has 0 radical (unpaired) electrons. The quantitative estimate of drug-likeness (QED) is 0.595. The number of aliphatic hydroxyl groups excluding tert-OH is 1. The molecule has 0 saturated carbocycles. The number of aliphatic hydroxyl groups is 1. The predicted octanol–water partition coefficient (Wildman–Crippen LogP) is 0.113. The van der Waals surface area contributed by atoms with Crippen LogP contribution in [0.5, 0.6) is 0 Å². The first-order valence-electron chi connectivity index (χ1n) is 3.16. The van der Waals surface area contributed by atoms with Crippen LogP contribution in [0, 0.1) is 0 Å². The Labute approximate surface area is 60.2 Å². The third-order valence-electron chi connectivity index (χ3n) is 1.02. The molecule has 1 atom stereocenters. The molecule has 0 aliphatic rings. The van der Waals surface area contributed by atoms with E-state index < -0.39 is 6.09 Å². The first-order valence-corrected chi connectivity index (χ1v) is 3.16. The summed E-state index contributed by atoms with van der Waals surface area (Å²) in [6.45, 7) is 2.11. The van der Waals surface area contributed by atoms with Crippen molar-refractivity contribution in [2.45, 2.75) is 19.4 Å². The molecule has 0 aliphatic heterocycles. The van der Waals surface area contributed by atoms with E-state index in [2.05, 4.69) is 10.1 Å². The highest BCUT2D eigenvalue weighted by Gasteiger charge is 1.98. The van der Waals surface area contributed by atoms with E-state index in [4.69, 9.17) is 5.11 Å². The standard InChI is InChI=1S/C6H13NO3/c1-5(8)3-4-7-6(9)10-2/h5,8H,3-4H2,1-2H3,(H,7,9). The van der Waals surface area contributed by atoms with E-state index in [0.29, 0.717) is 13.0 Å². The third-order valence-corrected chi connectivity index (χ3v) is 1.02. The molecule has 0 fully saturated rings. The molecule has 0 saturated heterocycles. The Bertz CT molecular complexity index is 103. The van der Waals surface area contributed by atoms with Crippen LogP contribution in [0.4, 0.5) is 4.79 Å². The van der Waals surface area contributed by atoms with Crippen molar-refractivity contribution in [1.82, 2.24) is 5.32 Å². The minimum Gasteiger partial charge on any atom is -0.453 e. The summed E-state index contributed by atoms with van der Waals surface area (Å²) in [4.78, 5) is 10.4. The second-order valence-corrected chi connectivity index (χ2v) is 2.06. The minimum atomic E-state index is -0.458. The molecule has 1 unspecified atom stereocenters. The van der Waals surface area contributed by atoms with E-state index >= 15 is 0 Å². The number of hydrogen-bond donors (Lipinski definition) is 2. The summed E-state index contributed by atoms with van der Waals surface area (Å²) in [5.74, 6) is 0. The first kappa shape index (κ1) is 9.23.